The first-order chi connectivity index (χ1) is 8.25. The molecular formula is C14H12ClNO. The molecule has 0 unspecified atom stereocenters. The molecule has 0 aromatic heterocycles. The normalized spacial score (nSPS) is 9.94. The fraction of sp³-hybridized carbons (Fsp3) is 0.0714. The molecule has 0 saturated heterocycles. The Bertz CT molecular complexity index is 511. The van der Waals surface area contributed by atoms with Gasteiger partial charge in [-0.25, -0.2) is 0 Å². The van der Waals surface area contributed by atoms with Crippen LogP contribution in [-0.2, 0) is 11.2 Å². The molecule has 1 N–H and O–H groups in total. The second kappa shape index (κ2) is 5.51. The van der Waals surface area contributed by atoms with Crippen LogP contribution in [0.15, 0.2) is 54.6 Å². The van der Waals surface area contributed by atoms with Gasteiger partial charge in [-0.3, -0.25) is 4.79 Å². The minimum Gasteiger partial charge on any atom is -0.355 e. The fourth-order valence-corrected chi connectivity index (χ4v) is 1.77. The molecular weight excluding hydrogens is 234 g/mol. The van der Waals surface area contributed by atoms with Gasteiger partial charge in [0.2, 0.25) is 5.24 Å². The highest BCUT2D eigenvalue weighted by Gasteiger charge is 2.05. The minimum absolute atomic E-state index is 0.234. The first-order valence-corrected chi connectivity index (χ1v) is 5.72. The number of anilines is 2. The molecule has 0 aliphatic carbocycles. The Morgan fingerprint density at radius 2 is 1.65 bits per heavy atom. The predicted molar refractivity (Wildman–Crippen MR) is 70.7 cm³/mol. The third-order valence-electron chi connectivity index (χ3n) is 2.40. The maximum absolute atomic E-state index is 11.0. The summed E-state index contributed by atoms with van der Waals surface area (Å²) >= 11 is 5.42. The van der Waals surface area contributed by atoms with Crippen LogP contribution >= 0.6 is 11.6 Å². The van der Waals surface area contributed by atoms with Crippen LogP contribution < -0.4 is 5.32 Å². The maximum atomic E-state index is 11.0. The molecule has 0 heterocycles. The summed E-state index contributed by atoms with van der Waals surface area (Å²) in [7, 11) is 0. The second-order valence-electron chi connectivity index (χ2n) is 3.68. The highest BCUT2D eigenvalue weighted by molar-refractivity contribution is 6.63. The first kappa shape index (κ1) is 11.7. The van der Waals surface area contributed by atoms with Crippen molar-refractivity contribution in [2.45, 2.75) is 6.42 Å². The minimum atomic E-state index is -0.354. The summed E-state index contributed by atoms with van der Waals surface area (Å²) in [5.74, 6) is 0. The van der Waals surface area contributed by atoms with Crippen molar-refractivity contribution in [2.75, 3.05) is 5.32 Å². The van der Waals surface area contributed by atoms with Crippen molar-refractivity contribution in [3.8, 4) is 0 Å². The van der Waals surface area contributed by atoms with Gasteiger partial charge in [-0.15, -0.1) is 0 Å². The molecule has 17 heavy (non-hydrogen) atoms. The summed E-state index contributed by atoms with van der Waals surface area (Å²) in [4.78, 5) is 11.0. The highest BCUT2D eigenvalue weighted by Crippen LogP contribution is 2.21. The summed E-state index contributed by atoms with van der Waals surface area (Å²) in [5, 5.41) is 2.91. The molecule has 0 radical (unpaired) electrons. The van der Waals surface area contributed by atoms with Crippen molar-refractivity contribution < 1.29 is 4.79 Å². The molecule has 0 saturated carbocycles. The second-order valence-corrected chi connectivity index (χ2v) is 4.10. The van der Waals surface area contributed by atoms with Gasteiger partial charge in [0.25, 0.3) is 0 Å². The lowest BCUT2D eigenvalue weighted by molar-refractivity contribution is -0.111. The van der Waals surface area contributed by atoms with E-state index in [2.05, 4.69) is 5.32 Å². The van der Waals surface area contributed by atoms with Gasteiger partial charge in [0.05, 0.1) is 0 Å². The van der Waals surface area contributed by atoms with Crippen molar-refractivity contribution in [3.05, 3.63) is 60.2 Å². The van der Waals surface area contributed by atoms with Crippen LogP contribution in [-0.4, -0.2) is 5.24 Å². The number of hydrogen-bond donors (Lipinski definition) is 1. The number of halogens is 1. The molecule has 2 nitrogen and oxygen atoms in total. The van der Waals surface area contributed by atoms with Gasteiger partial charge in [0.1, 0.15) is 0 Å². The van der Waals surface area contributed by atoms with Gasteiger partial charge < -0.3 is 5.32 Å². The van der Waals surface area contributed by atoms with Crippen molar-refractivity contribution >= 4 is 28.2 Å². The predicted octanol–water partition coefficient (Wildman–Crippen LogP) is 3.74. The molecule has 0 spiro atoms. The molecule has 0 aliphatic rings. The molecule has 86 valence electrons. The highest BCUT2D eigenvalue weighted by atomic mass is 35.5. The number of nitrogens with one attached hydrogen (secondary N) is 1. The first-order valence-electron chi connectivity index (χ1n) is 5.34. The van der Waals surface area contributed by atoms with E-state index in [-0.39, 0.29) is 11.7 Å². The van der Waals surface area contributed by atoms with Gasteiger partial charge in [0, 0.05) is 17.8 Å². The zero-order chi connectivity index (χ0) is 12.1. The van der Waals surface area contributed by atoms with E-state index >= 15 is 0 Å². The largest absolute Gasteiger partial charge is 0.355 e. The van der Waals surface area contributed by atoms with Crippen LogP contribution in [0.1, 0.15) is 5.56 Å². The van der Waals surface area contributed by atoms with Crippen LogP contribution in [0, 0.1) is 0 Å². The summed E-state index contributed by atoms with van der Waals surface area (Å²) in [6.07, 6.45) is 0.234. The van der Waals surface area contributed by atoms with E-state index in [4.69, 9.17) is 11.6 Å². The Morgan fingerprint density at radius 3 is 2.35 bits per heavy atom. The van der Waals surface area contributed by atoms with E-state index in [9.17, 15) is 4.79 Å². The van der Waals surface area contributed by atoms with Gasteiger partial charge >= 0.3 is 0 Å². The standard InChI is InChI=1S/C14H12ClNO/c15-14(17)10-11-6-4-5-9-13(11)16-12-7-2-1-3-8-12/h1-9,16H,10H2. The molecule has 0 aliphatic heterocycles. The number of benzene rings is 2. The van der Waals surface area contributed by atoms with E-state index in [1.54, 1.807) is 0 Å². The van der Waals surface area contributed by atoms with Crippen molar-refractivity contribution in [3.63, 3.8) is 0 Å². The molecule has 2 aromatic carbocycles. The SMILES string of the molecule is O=C(Cl)Cc1ccccc1Nc1ccccc1. The zero-order valence-corrected chi connectivity index (χ0v) is 9.95. The Morgan fingerprint density at radius 1 is 1.00 bits per heavy atom. The van der Waals surface area contributed by atoms with Gasteiger partial charge in [-0.1, -0.05) is 36.4 Å². The molecule has 2 rings (SSSR count). The quantitative estimate of drug-likeness (QED) is 0.832. The molecule has 0 bridgehead atoms. The van der Waals surface area contributed by atoms with E-state index in [1.807, 2.05) is 54.6 Å². The van der Waals surface area contributed by atoms with E-state index in [1.165, 1.54) is 0 Å². The number of rotatable bonds is 4. The fourth-order valence-electron chi connectivity index (χ4n) is 1.62. The van der Waals surface area contributed by atoms with Crippen LogP contribution in [0.3, 0.4) is 0 Å². The van der Waals surface area contributed by atoms with Gasteiger partial charge in [0.15, 0.2) is 0 Å². The summed E-state index contributed by atoms with van der Waals surface area (Å²) in [6, 6.07) is 17.5. The van der Waals surface area contributed by atoms with Crippen LogP contribution in [0.25, 0.3) is 0 Å². The van der Waals surface area contributed by atoms with Crippen LogP contribution in [0.5, 0.6) is 0 Å². The summed E-state index contributed by atoms with van der Waals surface area (Å²) in [6.45, 7) is 0. The lowest BCUT2D eigenvalue weighted by Gasteiger charge is -2.10. The van der Waals surface area contributed by atoms with Crippen molar-refractivity contribution in [1.29, 1.82) is 0 Å². The third kappa shape index (κ3) is 3.33. The molecule has 0 amide bonds. The van der Waals surface area contributed by atoms with E-state index < -0.39 is 0 Å². The molecule has 0 atom stereocenters. The maximum Gasteiger partial charge on any atom is 0.226 e. The monoisotopic (exact) mass is 245 g/mol. The molecule has 2 aromatic rings. The van der Waals surface area contributed by atoms with Gasteiger partial charge in [-0.05, 0) is 35.4 Å². The number of hydrogen-bond acceptors (Lipinski definition) is 2. The number of carbonyl (C=O) groups excluding carboxylic acids is 1. The smallest absolute Gasteiger partial charge is 0.226 e. The Balaban J connectivity index is 2.23. The number of carbonyl (C=O) groups is 1. The Kier molecular flexibility index (Phi) is 3.78. The van der Waals surface area contributed by atoms with Crippen molar-refractivity contribution in [2.24, 2.45) is 0 Å². The molecule has 3 heteroatoms. The molecule has 0 fully saturated rings. The van der Waals surface area contributed by atoms with Gasteiger partial charge in [-0.2, -0.15) is 0 Å². The zero-order valence-electron chi connectivity index (χ0n) is 9.19. The average Bonchev–Trinajstić information content (AvgIpc) is 2.32. The Hall–Kier alpha value is -1.80. The summed E-state index contributed by atoms with van der Waals surface area (Å²) < 4.78 is 0. The summed E-state index contributed by atoms with van der Waals surface area (Å²) in [5.41, 5.74) is 2.80. The van der Waals surface area contributed by atoms with Crippen molar-refractivity contribution in [1.82, 2.24) is 0 Å². The van der Waals surface area contributed by atoms with E-state index in [0.29, 0.717) is 0 Å². The lowest BCUT2D eigenvalue weighted by Crippen LogP contribution is -1.99. The topological polar surface area (TPSA) is 29.1 Å². The van der Waals surface area contributed by atoms with Crippen LogP contribution in [0.2, 0.25) is 0 Å². The van der Waals surface area contributed by atoms with E-state index in [0.717, 1.165) is 16.9 Å². The Labute approximate surface area is 105 Å². The number of para-hydroxylation sites is 2. The van der Waals surface area contributed by atoms with Crippen LogP contribution in [0.4, 0.5) is 11.4 Å². The third-order valence-corrected chi connectivity index (χ3v) is 2.53. The lowest BCUT2D eigenvalue weighted by atomic mass is 10.1. The average molecular weight is 246 g/mol.